The fourth-order valence-electron chi connectivity index (χ4n) is 3.81. The summed E-state index contributed by atoms with van der Waals surface area (Å²) in [6.45, 7) is 3.71. The highest BCUT2D eigenvalue weighted by Crippen LogP contribution is 2.36. The van der Waals surface area contributed by atoms with Gasteiger partial charge in [0.05, 0.1) is 7.11 Å². The lowest BCUT2D eigenvalue weighted by Gasteiger charge is -2.41. The van der Waals surface area contributed by atoms with Gasteiger partial charge in [-0.1, -0.05) is 31.4 Å². The second-order valence-corrected chi connectivity index (χ2v) is 6.18. The number of benzene rings is 1. The zero-order valence-electron chi connectivity index (χ0n) is 12.0. The Morgan fingerprint density at radius 2 is 1.79 bits per heavy atom. The van der Waals surface area contributed by atoms with Crippen molar-refractivity contribution in [2.75, 3.05) is 20.2 Å². The smallest absolute Gasteiger partial charge is 0.118 e. The van der Waals surface area contributed by atoms with Gasteiger partial charge in [-0.2, -0.15) is 0 Å². The summed E-state index contributed by atoms with van der Waals surface area (Å²) in [4.78, 5) is 2.65. The van der Waals surface area contributed by atoms with E-state index in [0.29, 0.717) is 0 Å². The number of nitrogens with zero attached hydrogens (tertiary/aromatic N) is 1. The largest absolute Gasteiger partial charge is 0.497 e. The third kappa shape index (κ3) is 3.11. The van der Waals surface area contributed by atoms with Crippen molar-refractivity contribution in [2.45, 2.75) is 38.6 Å². The molecule has 1 saturated heterocycles. The number of fused-ring (bicyclic) bond motifs is 1. The number of piperidine rings is 1. The first-order valence-electron chi connectivity index (χ1n) is 7.70. The highest BCUT2D eigenvalue weighted by molar-refractivity contribution is 5.27. The number of rotatable bonds is 3. The number of hydrogen-bond donors (Lipinski definition) is 0. The Balaban J connectivity index is 1.57. The number of hydrogen-bond acceptors (Lipinski definition) is 2. The minimum Gasteiger partial charge on any atom is -0.497 e. The van der Waals surface area contributed by atoms with Gasteiger partial charge in [-0.05, 0) is 48.9 Å². The SMILES string of the molecule is COc1ccc(CN2CCC3CCCCC3C2)cc1. The van der Waals surface area contributed by atoms with Crippen molar-refractivity contribution in [2.24, 2.45) is 11.8 Å². The molecule has 2 unspecified atom stereocenters. The zero-order chi connectivity index (χ0) is 13.1. The van der Waals surface area contributed by atoms with Crippen LogP contribution in [0.4, 0.5) is 0 Å². The molecule has 0 N–H and O–H groups in total. The fraction of sp³-hybridized carbons (Fsp3) is 0.647. The van der Waals surface area contributed by atoms with Gasteiger partial charge < -0.3 is 4.74 Å². The maximum atomic E-state index is 5.22. The van der Waals surface area contributed by atoms with E-state index in [4.69, 9.17) is 4.74 Å². The average Bonchev–Trinajstić information content (AvgIpc) is 2.48. The second kappa shape index (κ2) is 5.96. The molecule has 2 heteroatoms. The average molecular weight is 259 g/mol. The van der Waals surface area contributed by atoms with Crippen LogP contribution in [0, 0.1) is 11.8 Å². The zero-order valence-corrected chi connectivity index (χ0v) is 12.0. The van der Waals surface area contributed by atoms with Gasteiger partial charge in [-0.3, -0.25) is 4.90 Å². The van der Waals surface area contributed by atoms with Crippen molar-refractivity contribution < 1.29 is 4.74 Å². The maximum Gasteiger partial charge on any atom is 0.118 e. The van der Waals surface area contributed by atoms with Crippen LogP contribution in [0.1, 0.15) is 37.7 Å². The van der Waals surface area contributed by atoms with Crippen molar-refractivity contribution >= 4 is 0 Å². The van der Waals surface area contributed by atoms with Crippen molar-refractivity contribution in [1.82, 2.24) is 4.90 Å². The van der Waals surface area contributed by atoms with Crippen LogP contribution in [-0.4, -0.2) is 25.1 Å². The monoisotopic (exact) mass is 259 g/mol. The van der Waals surface area contributed by atoms with Crippen LogP contribution < -0.4 is 4.74 Å². The van der Waals surface area contributed by atoms with Gasteiger partial charge in [0.2, 0.25) is 0 Å². The molecular weight excluding hydrogens is 234 g/mol. The first kappa shape index (κ1) is 13.0. The predicted octanol–water partition coefficient (Wildman–Crippen LogP) is 3.71. The molecule has 0 aromatic heterocycles. The number of likely N-dealkylation sites (tertiary alicyclic amines) is 1. The van der Waals surface area contributed by atoms with E-state index >= 15 is 0 Å². The van der Waals surface area contributed by atoms with Crippen LogP contribution in [0.3, 0.4) is 0 Å². The molecule has 1 aliphatic carbocycles. The first-order valence-corrected chi connectivity index (χ1v) is 7.70. The highest BCUT2D eigenvalue weighted by atomic mass is 16.5. The lowest BCUT2D eigenvalue weighted by molar-refractivity contribution is 0.0820. The van der Waals surface area contributed by atoms with Gasteiger partial charge in [0, 0.05) is 13.1 Å². The molecule has 19 heavy (non-hydrogen) atoms. The Bertz CT molecular complexity index is 400. The number of ether oxygens (including phenoxy) is 1. The Kier molecular flexibility index (Phi) is 4.07. The third-order valence-corrected chi connectivity index (χ3v) is 4.94. The minimum atomic E-state index is 0.953. The molecule has 1 heterocycles. The maximum absolute atomic E-state index is 5.22. The molecular formula is C17H25NO. The van der Waals surface area contributed by atoms with Crippen molar-refractivity contribution in [3.8, 4) is 5.75 Å². The molecule has 2 fully saturated rings. The summed E-state index contributed by atoms with van der Waals surface area (Å²) in [5.74, 6) is 2.95. The van der Waals surface area contributed by atoms with Gasteiger partial charge in [0.1, 0.15) is 5.75 Å². The van der Waals surface area contributed by atoms with Crippen molar-refractivity contribution in [1.29, 1.82) is 0 Å². The summed E-state index contributed by atoms with van der Waals surface area (Å²) in [6.07, 6.45) is 7.29. The molecule has 3 rings (SSSR count). The van der Waals surface area contributed by atoms with Crippen LogP contribution in [-0.2, 0) is 6.54 Å². The summed E-state index contributed by atoms with van der Waals surface area (Å²) in [5, 5.41) is 0. The lowest BCUT2D eigenvalue weighted by Crippen LogP contribution is -2.41. The minimum absolute atomic E-state index is 0.953. The van der Waals surface area contributed by atoms with E-state index in [9.17, 15) is 0 Å². The molecule has 0 amide bonds. The van der Waals surface area contributed by atoms with E-state index in [-0.39, 0.29) is 0 Å². The molecule has 0 spiro atoms. The topological polar surface area (TPSA) is 12.5 Å². The Hall–Kier alpha value is -1.02. The van der Waals surface area contributed by atoms with E-state index in [2.05, 4.69) is 29.2 Å². The molecule has 2 nitrogen and oxygen atoms in total. The quantitative estimate of drug-likeness (QED) is 0.820. The summed E-state index contributed by atoms with van der Waals surface area (Å²) in [6, 6.07) is 8.54. The second-order valence-electron chi connectivity index (χ2n) is 6.18. The van der Waals surface area contributed by atoms with E-state index in [1.807, 2.05) is 0 Å². The third-order valence-electron chi connectivity index (χ3n) is 4.94. The van der Waals surface area contributed by atoms with Crippen LogP contribution in [0.2, 0.25) is 0 Å². The molecule has 1 aliphatic heterocycles. The number of methoxy groups -OCH3 is 1. The first-order chi connectivity index (χ1) is 9.35. The van der Waals surface area contributed by atoms with Gasteiger partial charge in [0.15, 0.2) is 0 Å². The Labute approximate surface area is 116 Å². The Morgan fingerprint density at radius 1 is 1.05 bits per heavy atom. The van der Waals surface area contributed by atoms with E-state index in [0.717, 1.165) is 24.1 Å². The lowest BCUT2D eigenvalue weighted by atomic mass is 9.75. The molecule has 1 aromatic rings. The van der Waals surface area contributed by atoms with Crippen LogP contribution in [0.15, 0.2) is 24.3 Å². The van der Waals surface area contributed by atoms with Crippen molar-refractivity contribution in [3.05, 3.63) is 29.8 Å². The fourth-order valence-corrected chi connectivity index (χ4v) is 3.81. The normalized spacial score (nSPS) is 27.8. The van der Waals surface area contributed by atoms with E-state index in [1.165, 1.54) is 50.8 Å². The molecule has 2 atom stereocenters. The highest BCUT2D eigenvalue weighted by Gasteiger charge is 2.30. The summed E-state index contributed by atoms with van der Waals surface area (Å²) in [7, 11) is 1.73. The van der Waals surface area contributed by atoms with Crippen molar-refractivity contribution in [3.63, 3.8) is 0 Å². The van der Waals surface area contributed by atoms with E-state index in [1.54, 1.807) is 7.11 Å². The molecule has 1 saturated carbocycles. The molecule has 104 valence electrons. The molecule has 0 radical (unpaired) electrons. The molecule has 2 aliphatic rings. The van der Waals surface area contributed by atoms with Crippen LogP contribution in [0.5, 0.6) is 5.75 Å². The molecule has 0 bridgehead atoms. The van der Waals surface area contributed by atoms with Gasteiger partial charge in [0.25, 0.3) is 0 Å². The van der Waals surface area contributed by atoms with Gasteiger partial charge in [-0.15, -0.1) is 0 Å². The summed E-state index contributed by atoms with van der Waals surface area (Å²) >= 11 is 0. The van der Waals surface area contributed by atoms with E-state index < -0.39 is 0 Å². The molecule has 1 aromatic carbocycles. The summed E-state index contributed by atoms with van der Waals surface area (Å²) in [5.41, 5.74) is 1.41. The van der Waals surface area contributed by atoms with Gasteiger partial charge >= 0.3 is 0 Å². The van der Waals surface area contributed by atoms with Gasteiger partial charge in [-0.25, -0.2) is 0 Å². The predicted molar refractivity (Wildman–Crippen MR) is 78.3 cm³/mol. The van der Waals surface area contributed by atoms with Crippen LogP contribution >= 0.6 is 0 Å². The Morgan fingerprint density at radius 3 is 2.53 bits per heavy atom. The van der Waals surface area contributed by atoms with Crippen LogP contribution in [0.25, 0.3) is 0 Å². The summed E-state index contributed by atoms with van der Waals surface area (Å²) < 4.78 is 5.22. The standard InChI is InChI=1S/C17H25NO/c1-19-17-8-6-14(7-9-17)12-18-11-10-15-4-2-3-5-16(15)13-18/h6-9,15-16H,2-5,10-13H2,1H3.